The van der Waals surface area contributed by atoms with Gasteiger partial charge in [-0.3, -0.25) is 0 Å². The minimum Gasteiger partial charge on any atom is -0.387 e. The van der Waals surface area contributed by atoms with E-state index in [1.807, 2.05) is 24.3 Å². The molecule has 0 aliphatic carbocycles. The fourth-order valence-electron chi connectivity index (χ4n) is 2.30. The summed E-state index contributed by atoms with van der Waals surface area (Å²) in [5, 5.41) is 12.8. The number of hydrogen-bond donors (Lipinski definition) is 2. The Kier molecular flexibility index (Phi) is 5.00. The standard InChI is InChI=1S/C13H18BrNO3S/c14-11-4-1-3-10(7-11)13(16)9-15-8-12-5-2-6-19(12,17)18/h1,3-4,7,12-13,15-16H,2,5-6,8-9H2. The van der Waals surface area contributed by atoms with Crippen molar-refractivity contribution < 1.29 is 13.5 Å². The molecule has 4 nitrogen and oxygen atoms in total. The van der Waals surface area contributed by atoms with Crippen LogP contribution in [-0.2, 0) is 9.84 Å². The summed E-state index contributed by atoms with van der Waals surface area (Å²) in [5.74, 6) is 0.299. The van der Waals surface area contributed by atoms with Crippen LogP contribution in [0.2, 0.25) is 0 Å². The molecule has 1 aromatic carbocycles. The van der Waals surface area contributed by atoms with Crippen LogP contribution in [0.3, 0.4) is 0 Å². The average Bonchev–Trinajstić information content (AvgIpc) is 2.69. The van der Waals surface area contributed by atoms with Crippen molar-refractivity contribution in [3.8, 4) is 0 Å². The molecule has 2 rings (SSSR count). The minimum absolute atomic E-state index is 0.290. The van der Waals surface area contributed by atoms with Crippen LogP contribution in [0, 0.1) is 0 Å². The summed E-state index contributed by atoms with van der Waals surface area (Å²) in [5.41, 5.74) is 0.816. The first-order valence-electron chi connectivity index (χ1n) is 6.35. The Morgan fingerprint density at radius 3 is 2.89 bits per heavy atom. The molecule has 106 valence electrons. The van der Waals surface area contributed by atoms with Crippen LogP contribution in [0.25, 0.3) is 0 Å². The second-order valence-electron chi connectivity index (χ2n) is 4.86. The van der Waals surface area contributed by atoms with Gasteiger partial charge >= 0.3 is 0 Å². The van der Waals surface area contributed by atoms with Crippen molar-refractivity contribution in [1.29, 1.82) is 0 Å². The lowest BCUT2D eigenvalue weighted by atomic mass is 10.1. The van der Waals surface area contributed by atoms with Crippen LogP contribution in [0.15, 0.2) is 28.7 Å². The number of aliphatic hydroxyl groups excluding tert-OH is 1. The van der Waals surface area contributed by atoms with Crippen molar-refractivity contribution in [1.82, 2.24) is 5.32 Å². The summed E-state index contributed by atoms with van der Waals surface area (Å²) in [6, 6.07) is 7.47. The lowest BCUT2D eigenvalue weighted by molar-refractivity contribution is 0.175. The Bertz CT molecular complexity index is 532. The molecule has 1 aliphatic rings. The zero-order chi connectivity index (χ0) is 13.9. The first kappa shape index (κ1) is 15.0. The highest BCUT2D eigenvalue weighted by Gasteiger charge is 2.30. The van der Waals surface area contributed by atoms with Crippen molar-refractivity contribution in [2.75, 3.05) is 18.8 Å². The van der Waals surface area contributed by atoms with Crippen molar-refractivity contribution >= 4 is 25.8 Å². The zero-order valence-corrected chi connectivity index (χ0v) is 13.0. The number of aliphatic hydroxyl groups is 1. The zero-order valence-electron chi connectivity index (χ0n) is 10.5. The van der Waals surface area contributed by atoms with Crippen molar-refractivity contribution in [2.24, 2.45) is 0 Å². The van der Waals surface area contributed by atoms with Crippen molar-refractivity contribution in [3.05, 3.63) is 34.3 Å². The SMILES string of the molecule is O=S1(=O)CCCC1CNCC(O)c1cccc(Br)c1. The highest BCUT2D eigenvalue weighted by atomic mass is 79.9. The molecule has 0 spiro atoms. The molecule has 1 fully saturated rings. The monoisotopic (exact) mass is 347 g/mol. The molecule has 0 aromatic heterocycles. The van der Waals surface area contributed by atoms with Crippen LogP contribution >= 0.6 is 15.9 Å². The van der Waals surface area contributed by atoms with Gasteiger partial charge in [-0.15, -0.1) is 0 Å². The number of rotatable bonds is 5. The van der Waals surface area contributed by atoms with E-state index >= 15 is 0 Å². The fourth-order valence-corrected chi connectivity index (χ4v) is 4.52. The van der Waals surface area contributed by atoms with Crippen molar-refractivity contribution in [2.45, 2.75) is 24.2 Å². The number of halogens is 1. The molecular formula is C13H18BrNO3S. The third-order valence-corrected chi connectivity index (χ3v) is 6.18. The van der Waals surface area contributed by atoms with E-state index in [9.17, 15) is 13.5 Å². The predicted molar refractivity (Wildman–Crippen MR) is 78.8 cm³/mol. The molecule has 1 saturated heterocycles. The van der Waals surface area contributed by atoms with Gasteiger partial charge in [-0.05, 0) is 30.5 Å². The van der Waals surface area contributed by atoms with Gasteiger partial charge in [0, 0.05) is 17.6 Å². The molecule has 19 heavy (non-hydrogen) atoms. The van der Waals surface area contributed by atoms with Crippen LogP contribution in [0.5, 0.6) is 0 Å². The van der Waals surface area contributed by atoms with Gasteiger partial charge in [-0.1, -0.05) is 28.1 Å². The third-order valence-electron chi connectivity index (χ3n) is 3.41. The fraction of sp³-hybridized carbons (Fsp3) is 0.538. The second-order valence-corrected chi connectivity index (χ2v) is 8.18. The van der Waals surface area contributed by atoms with E-state index in [-0.39, 0.29) is 5.25 Å². The topological polar surface area (TPSA) is 66.4 Å². The molecule has 1 aliphatic heterocycles. The molecule has 2 N–H and O–H groups in total. The molecule has 6 heteroatoms. The Morgan fingerprint density at radius 1 is 1.47 bits per heavy atom. The highest BCUT2D eigenvalue weighted by molar-refractivity contribution is 9.10. The summed E-state index contributed by atoms with van der Waals surface area (Å²) >= 11 is 3.36. The summed E-state index contributed by atoms with van der Waals surface area (Å²) in [6.07, 6.45) is 0.854. The molecule has 1 heterocycles. The number of sulfone groups is 1. The maximum absolute atomic E-state index is 11.6. The first-order chi connectivity index (χ1) is 8.99. The van der Waals surface area contributed by atoms with E-state index in [4.69, 9.17) is 0 Å². The molecule has 2 atom stereocenters. The largest absolute Gasteiger partial charge is 0.387 e. The Labute approximate surface area is 122 Å². The number of nitrogens with one attached hydrogen (secondary N) is 1. The molecule has 1 aromatic rings. The lowest BCUT2D eigenvalue weighted by Gasteiger charge is -2.15. The van der Waals surface area contributed by atoms with E-state index in [0.717, 1.165) is 22.9 Å². The minimum atomic E-state index is -2.91. The Balaban J connectivity index is 1.83. The van der Waals surface area contributed by atoms with E-state index in [0.29, 0.717) is 18.8 Å². The van der Waals surface area contributed by atoms with Gasteiger partial charge < -0.3 is 10.4 Å². The van der Waals surface area contributed by atoms with Gasteiger partial charge in [0.1, 0.15) is 0 Å². The summed E-state index contributed by atoms with van der Waals surface area (Å²) in [4.78, 5) is 0. The second kappa shape index (κ2) is 6.35. The molecule has 0 radical (unpaired) electrons. The van der Waals surface area contributed by atoms with E-state index in [2.05, 4.69) is 21.2 Å². The van der Waals surface area contributed by atoms with Crippen molar-refractivity contribution in [3.63, 3.8) is 0 Å². The normalized spacial score (nSPS) is 23.4. The summed E-state index contributed by atoms with van der Waals surface area (Å²) in [6.45, 7) is 0.788. The van der Waals surface area contributed by atoms with Crippen LogP contribution in [0.1, 0.15) is 24.5 Å². The Morgan fingerprint density at radius 2 is 2.26 bits per heavy atom. The molecule has 0 amide bonds. The average molecular weight is 348 g/mol. The van der Waals surface area contributed by atoms with Gasteiger partial charge in [-0.25, -0.2) is 8.42 Å². The van der Waals surface area contributed by atoms with Gasteiger partial charge in [-0.2, -0.15) is 0 Å². The van der Waals surface area contributed by atoms with Crippen LogP contribution in [0.4, 0.5) is 0 Å². The van der Waals surface area contributed by atoms with Gasteiger partial charge in [0.15, 0.2) is 9.84 Å². The quantitative estimate of drug-likeness (QED) is 0.849. The Hall–Kier alpha value is -0.430. The van der Waals surface area contributed by atoms with Crippen LogP contribution in [-0.4, -0.2) is 37.6 Å². The maximum atomic E-state index is 11.6. The lowest BCUT2D eigenvalue weighted by Crippen LogP contribution is -2.33. The smallest absolute Gasteiger partial charge is 0.154 e. The first-order valence-corrected chi connectivity index (χ1v) is 8.86. The molecule has 0 saturated carbocycles. The summed E-state index contributed by atoms with van der Waals surface area (Å²) < 4.78 is 24.2. The maximum Gasteiger partial charge on any atom is 0.154 e. The van der Waals surface area contributed by atoms with Crippen LogP contribution < -0.4 is 5.32 Å². The van der Waals surface area contributed by atoms with E-state index in [1.54, 1.807) is 0 Å². The van der Waals surface area contributed by atoms with E-state index < -0.39 is 15.9 Å². The molecular weight excluding hydrogens is 330 g/mol. The molecule has 2 unspecified atom stereocenters. The van der Waals surface area contributed by atoms with Gasteiger partial charge in [0.05, 0.1) is 17.1 Å². The number of hydrogen-bond acceptors (Lipinski definition) is 4. The third kappa shape index (κ3) is 4.02. The summed E-state index contributed by atoms with van der Waals surface area (Å²) in [7, 11) is -2.91. The predicted octanol–water partition coefficient (Wildman–Crippen LogP) is 1.65. The number of benzene rings is 1. The van der Waals surface area contributed by atoms with Gasteiger partial charge in [0.25, 0.3) is 0 Å². The molecule has 0 bridgehead atoms. The van der Waals surface area contributed by atoms with E-state index in [1.165, 1.54) is 0 Å². The van der Waals surface area contributed by atoms with Gasteiger partial charge in [0.2, 0.25) is 0 Å². The highest BCUT2D eigenvalue weighted by Crippen LogP contribution is 2.20.